The molecule has 0 unspecified atom stereocenters. The molecule has 9 heteroatoms. The van der Waals surface area contributed by atoms with Crippen molar-refractivity contribution in [2.45, 2.75) is 58.5 Å². The number of sulfonamides is 1. The van der Waals surface area contributed by atoms with Crippen LogP contribution in [0.1, 0.15) is 41.7 Å². The highest BCUT2D eigenvalue weighted by Crippen LogP contribution is 2.29. The first kappa shape index (κ1) is 34.7. The molecule has 0 saturated carbocycles. The maximum absolute atomic E-state index is 14.6. The van der Waals surface area contributed by atoms with E-state index < -0.39 is 28.5 Å². The second-order valence-electron chi connectivity index (χ2n) is 12.1. The maximum Gasteiger partial charge on any atom is 0.264 e. The SMILES string of the molecule is Cc1ccc(S(=O)(=O)N(CC(=O)N(Cc2ccc(Cl)cc2)[C@@H](Cc2ccccc2)C(=O)NCC(C)C)c2ccc(C)cc2C)cc1. The lowest BCUT2D eigenvalue weighted by atomic mass is 10.0. The predicted molar refractivity (Wildman–Crippen MR) is 185 cm³/mol. The minimum absolute atomic E-state index is 0.0747. The summed E-state index contributed by atoms with van der Waals surface area (Å²) >= 11 is 6.16. The van der Waals surface area contributed by atoms with E-state index in [0.717, 1.165) is 26.6 Å². The Morgan fingerprint density at radius 1 is 0.804 bits per heavy atom. The Kier molecular flexibility index (Phi) is 11.7. The molecule has 7 nitrogen and oxygen atoms in total. The standard InChI is InChI=1S/C37H42ClN3O4S/c1-26(2)23-39-37(43)35(22-30-9-7-6-8-10-30)40(24-31-14-16-32(38)17-15-31)36(42)25-41(34-20-13-28(4)21-29(34)5)46(44,45)33-18-11-27(3)12-19-33/h6-21,26,35H,22-25H2,1-5H3,(H,39,43)/t35-/m0/s1. The van der Waals surface area contributed by atoms with E-state index in [0.29, 0.717) is 22.8 Å². The normalized spacial score (nSPS) is 12.1. The molecule has 0 aromatic heterocycles. The van der Waals surface area contributed by atoms with Gasteiger partial charge in [0.1, 0.15) is 12.6 Å². The molecule has 0 saturated heterocycles. The molecule has 0 aliphatic heterocycles. The molecule has 0 aliphatic carbocycles. The molecule has 46 heavy (non-hydrogen) atoms. The molecule has 0 fully saturated rings. The Labute approximate surface area is 278 Å². The van der Waals surface area contributed by atoms with Crippen LogP contribution in [0.4, 0.5) is 5.69 Å². The van der Waals surface area contributed by atoms with Crippen LogP contribution in [0.25, 0.3) is 0 Å². The monoisotopic (exact) mass is 659 g/mol. The lowest BCUT2D eigenvalue weighted by Crippen LogP contribution is -2.53. The van der Waals surface area contributed by atoms with E-state index in [-0.39, 0.29) is 29.7 Å². The van der Waals surface area contributed by atoms with Gasteiger partial charge in [-0.2, -0.15) is 0 Å². The van der Waals surface area contributed by atoms with E-state index in [1.165, 1.54) is 4.90 Å². The van der Waals surface area contributed by atoms with Crippen LogP contribution in [0.3, 0.4) is 0 Å². The van der Waals surface area contributed by atoms with Crippen LogP contribution in [0.15, 0.2) is 102 Å². The smallest absolute Gasteiger partial charge is 0.264 e. The summed E-state index contributed by atoms with van der Waals surface area (Å²) in [6.45, 7) is 9.65. The Bertz CT molecular complexity index is 1740. The first-order chi connectivity index (χ1) is 21.8. The topological polar surface area (TPSA) is 86.8 Å². The van der Waals surface area contributed by atoms with Gasteiger partial charge < -0.3 is 10.2 Å². The molecule has 0 heterocycles. The van der Waals surface area contributed by atoms with Gasteiger partial charge in [0.25, 0.3) is 10.0 Å². The minimum Gasteiger partial charge on any atom is -0.354 e. The molecule has 4 aromatic rings. The fourth-order valence-electron chi connectivity index (χ4n) is 5.20. The highest BCUT2D eigenvalue weighted by Gasteiger charge is 2.35. The van der Waals surface area contributed by atoms with E-state index in [1.54, 1.807) is 54.6 Å². The van der Waals surface area contributed by atoms with Gasteiger partial charge in [-0.3, -0.25) is 13.9 Å². The number of carbonyl (C=O) groups is 2. The highest BCUT2D eigenvalue weighted by molar-refractivity contribution is 7.92. The zero-order valence-electron chi connectivity index (χ0n) is 27.0. The summed E-state index contributed by atoms with van der Waals surface area (Å²) in [5, 5.41) is 3.55. The first-order valence-electron chi connectivity index (χ1n) is 15.4. The second-order valence-corrected chi connectivity index (χ2v) is 14.4. The lowest BCUT2D eigenvalue weighted by Gasteiger charge is -2.34. The van der Waals surface area contributed by atoms with E-state index in [9.17, 15) is 18.0 Å². The van der Waals surface area contributed by atoms with Gasteiger partial charge in [0.2, 0.25) is 11.8 Å². The molecule has 0 spiro atoms. The van der Waals surface area contributed by atoms with Crippen LogP contribution in [-0.2, 0) is 32.6 Å². The van der Waals surface area contributed by atoms with Gasteiger partial charge in [0, 0.05) is 24.5 Å². The number of amides is 2. The lowest BCUT2D eigenvalue weighted by molar-refractivity contribution is -0.140. The van der Waals surface area contributed by atoms with Crippen LogP contribution in [0.5, 0.6) is 0 Å². The molecule has 0 bridgehead atoms. The Morgan fingerprint density at radius 3 is 2.04 bits per heavy atom. The average Bonchev–Trinajstić information content (AvgIpc) is 3.02. The van der Waals surface area contributed by atoms with Crippen LogP contribution >= 0.6 is 11.6 Å². The number of hydrogen-bond donors (Lipinski definition) is 1. The number of halogens is 1. The minimum atomic E-state index is -4.17. The summed E-state index contributed by atoms with van der Waals surface area (Å²) in [6.07, 6.45) is 0.248. The molecule has 0 aliphatic rings. The second kappa shape index (κ2) is 15.4. The van der Waals surface area contributed by atoms with E-state index >= 15 is 0 Å². The zero-order chi connectivity index (χ0) is 33.4. The van der Waals surface area contributed by atoms with Crippen molar-refractivity contribution in [3.8, 4) is 0 Å². The summed E-state index contributed by atoms with van der Waals surface area (Å²) in [7, 11) is -4.17. The van der Waals surface area contributed by atoms with Gasteiger partial charge in [-0.1, -0.05) is 103 Å². The van der Waals surface area contributed by atoms with Gasteiger partial charge in [-0.15, -0.1) is 0 Å². The molecule has 242 valence electrons. The molecule has 0 radical (unpaired) electrons. The Hall–Kier alpha value is -4.14. The number of carbonyl (C=O) groups excluding carboxylic acids is 2. The fourth-order valence-corrected chi connectivity index (χ4v) is 6.80. The summed E-state index contributed by atoms with van der Waals surface area (Å²) < 4.78 is 29.7. The van der Waals surface area contributed by atoms with Crippen molar-refractivity contribution >= 4 is 39.1 Å². The molecule has 2 amide bonds. The van der Waals surface area contributed by atoms with Gasteiger partial charge in [-0.05, 0) is 73.7 Å². The van der Waals surface area contributed by atoms with Crippen LogP contribution < -0.4 is 9.62 Å². The number of anilines is 1. The van der Waals surface area contributed by atoms with Crippen molar-refractivity contribution in [3.05, 3.63) is 130 Å². The van der Waals surface area contributed by atoms with Gasteiger partial charge >= 0.3 is 0 Å². The van der Waals surface area contributed by atoms with Crippen LogP contribution in [0.2, 0.25) is 5.02 Å². The van der Waals surface area contributed by atoms with Crippen LogP contribution in [-0.4, -0.2) is 44.3 Å². The third-order valence-electron chi connectivity index (χ3n) is 7.73. The van der Waals surface area contributed by atoms with Gasteiger partial charge in [0.05, 0.1) is 10.6 Å². The van der Waals surface area contributed by atoms with E-state index in [4.69, 9.17) is 11.6 Å². The molecule has 4 aromatic carbocycles. The zero-order valence-corrected chi connectivity index (χ0v) is 28.6. The van der Waals surface area contributed by atoms with Crippen molar-refractivity contribution < 1.29 is 18.0 Å². The quantitative estimate of drug-likeness (QED) is 0.170. The van der Waals surface area contributed by atoms with Crippen molar-refractivity contribution in [3.63, 3.8) is 0 Å². The third-order valence-corrected chi connectivity index (χ3v) is 9.76. The molecular formula is C37H42ClN3O4S. The molecule has 4 rings (SSSR count). The molecule has 1 atom stereocenters. The summed E-state index contributed by atoms with van der Waals surface area (Å²) in [6, 6.07) is 27.7. The number of nitrogens with zero attached hydrogens (tertiary/aromatic N) is 2. The van der Waals surface area contributed by atoms with Crippen molar-refractivity contribution in [1.82, 2.24) is 10.2 Å². The third kappa shape index (κ3) is 8.98. The van der Waals surface area contributed by atoms with Crippen molar-refractivity contribution in [2.75, 3.05) is 17.4 Å². The van der Waals surface area contributed by atoms with Gasteiger partial charge in [-0.25, -0.2) is 8.42 Å². The molecule has 1 N–H and O–H groups in total. The number of hydrogen-bond acceptors (Lipinski definition) is 4. The number of aryl methyl sites for hydroxylation is 3. The maximum atomic E-state index is 14.6. The largest absolute Gasteiger partial charge is 0.354 e. The number of rotatable bonds is 13. The predicted octanol–water partition coefficient (Wildman–Crippen LogP) is 6.87. The average molecular weight is 660 g/mol. The van der Waals surface area contributed by atoms with Crippen LogP contribution in [0, 0.1) is 26.7 Å². The van der Waals surface area contributed by atoms with Crippen molar-refractivity contribution in [2.24, 2.45) is 5.92 Å². The highest BCUT2D eigenvalue weighted by atomic mass is 35.5. The molecular weight excluding hydrogens is 618 g/mol. The summed E-state index contributed by atoms with van der Waals surface area (Å²) in [4.78, 5) is 30.0. The van der Waals surface area contributed by atoms with Gasteiger partial charge in [0.15, 0.2) is 0 Å². The Morgan fingerprint density at radius 2 is 1.43 bits per heavy atom. The fraction of sp³-hybridized carbons (Fsp3) is 0.297. The van der Waals surface area contributed by atoms with Crippen molar-refractivity contribution in [1.29, 1.82) is 0 Å². The number of benzene rings is 4. The Balaban J connectivity index is 1.82. The summed E-state index contributed by atoms with van der Waals surface area (Å²) in [5.41, 5.74) is 4.62. The first-order valence-corrected chi connectivity index (χ1v) is 17.2. The number of nitrogens with one attached hydrogen (secondary N) is 1. The van der Waals surface area contributed by atoms with E-state index in [2.05, 4.69) is 5.32 Å². The van der Waals surface area contributed by atoms with E-state index in [1.807, 2.05) is 77.1 Å². The summed E-state index contributed by atoms with van der Waals surface area (Å²) in [5.74, 6) is -0.619.